The number of aryl methyl sites for hydroxylation is 2. The second kappa shape index (κ2) is 14.7. The van der Waals surface area contributed by atoms with Gasteiger partial charge in [-0.05, 0) is 85.7 Å². The Balaban J connectivity index is 1.78. The second-order valence-corrected chi connectivity index (χ2v) is 10.3. The molecule has 0 aromatic heterocycles. The number of benzene rings is 3. The van der Waals surface area contributed by atoms with Crippen LogP contribution in [0.1, 0.15) is 70.2 Å². The van der Waals surface area contributed by atoms with Gasteiger partial charge in [0.05, 0.1) is 12.1 Å². The van der Waals surface area contributed by atoms with Gasteiger partial charge < -0.3 is 21.1 Å². The van der Waals surface area contributed by atoms with E-state index in [4.69, 9.17) is 0 Å². The highest BCUT2D eigenvalue weighted by atomic mass is 19.1. The zero-order valence-electron chi connectivity index (χ0n) is 23.6. The van der Waals surface area contributed by atoms with Gasteiger partial charge in [-0.15, -0.1) is 0 Å². The first-order valence-corrected chi connectivity index (χ1v) is 13.7. The average molecular weight is 552 g/mol. The summed E-state index contributed by atoms with van der Waals surface area (Å²) in [6.07, 6.45) is 0.613. The van der Waals surface area contributed by atoms with Crippen molar-refractivity contribution >= 4 is 11.8 Å². The van der Waals surface area contributed by atoms with E-state index in [2.05, 4.69) is 28.9 Å². The van der Waals surface area contributed by atoms with Crippen LogP contribution in [0.4, 0.5) is 8.78 Å². The number of nitrogens with one attached hydrogen (secondary N) is 3. The van der Waals surface area contributed by atoms with Crippen LogP contribution >= 0.6 is 0 Å². The maximum Gasteiger partial charge on any atom is 0.251 e. The van der Waals surface area contributed by atoms with Crippen LogP contribution in [-0.2, 0) is 19.4 Å². The Hall–Kier alpha value is -3.62. The summed E-state index contributed by atoms with van der Waals surface area (Å²) in [5, 5.41) is 20.0. The van der Waals surface area contributed by atoms with Gasteiger partial charge in [-0.1, -0.05) is 38.1 Å². The number of hydrogen-bond donors (Lipinski definition) is 4. The van der Waals surface area contributed by atoms with Gasteiger partial charge in [-0.25, -0.2) is 8.78 Å². The van der Waals surface area contributed by atoms with E-state index in [0.717, 1.165) is 30.0 Å². The molecule has 214 valence electrons. The summed E-state index contributed by atoms with van der Waals surface area (Å²) >= 11 is 0. The first-order valence-electron chi connectivity index (χ1n) is 13.7. The fourth-order valence-corrected chi connectivity index (χ4v) is 4.44. The molecule has 0 aliphatic rings. The highest BCUT2D eigenvalue weighted by Crippen LogP contribution is 2.15. The van der Waals surface area contributed by atoms with Gasteiger partial charge in [0, 0.05) is 36.3 Å². The molecule has 4 N–H and O–H groups in total. The van der Waals surface area contributed by atoms with E-state index in [1.54, 1.807) is 19.1 Å². The number of aliphatic hydroxyl groups excluding tert-OH is 1. The highest BCUT2D eigenvalue weighted by Gasteiger charge is 2.24. The number of hydrogen-bond acceptors (Lipinski definition) is 4. The minimum absolute atomic E-state index is 0.00175. The predicted octanol–water partition coefficient (Wildman–Crippen LogP) is 4.86. The van der Waals surface area contributed by atoms with Gasteiger partial charge in [0.15, 0.2) is 0 Å². The zero-order valence-corrected chi connectivity index (χ0v) is 23.6. The van der Waals surface area contributed by atoms with E-state index in [1.165, 1.54) is 23.8 Å². The summed E-state index contributed by atoms with van der Waals surface area (Å²) < 4.78 is 27.8. The van der Waals surface area contributed by atoms with Crippen molar-refractivity contribution in [1.29, 1.82) is 0 Å². The molecule has 0 aliphatic carbocycles. The van der Waals surface area contributed by atoms with Crippen LogP contribution in [-0.4, -0.2) is 41.7 Å². The number of amides is 2. The highest BCUT2D eigenvalue weighted by molar-refractivity contribution is 6.00. The molecular weight excluding hydrogens is 512 g/mol. The molecule has 3 aromatic rings. The smallest absolute Gasteiger partial charge is 0.251 e. The minimum Gasteiger partial charge on any atom is -0.390 e. The Morgan fingerprint density at radius 1 is 0.850 bits per heavy atom. The fourth-order valence-electron chi connectivity index (χ4n) is 4.44. The van der Waals surface area contributed by atoms with Crippen LogP contribution in [0.2, 0.25) is 0 Å². The number of carbonyl (C=O) groups excluding carboxylic acids is 2. The van der Waals surface area contributed by atoms with Crippen LogP contribution in [0.5, 0.6) is 0 Å². The van der Waals surface area contributed by atoms with Gasteiger partial charge >= 0.3 is 0 Å². The zero-order chi connectivity index (χ0) is 29.2. The lowest BCUT2D eigenvalue weighted by atomic mass is 9.99. The summed E-state index contributed by atoms with van der Waals surface area (Å²) in [4.78, 5) is 26.0. The molecule has 0 radical (unpaired) electrons. The molecule has 3 atom stereocenters. The van der Waals surface area contributed by atoms with Crippen LogP contribution in [0.15, 0.2) is 60.7 Å². The molecule has 8 heteroatoms. The quantitative estimate of drug-likeness (QED) is 0.244. The van der Waals surface area contributed by atoms with Crippen molar-refractivity contribution in [3.05, 3.63) is 106 Å². The Morgan fingerprint density at radius 2 is 1.48 bits per heavy atom. The molecule has 6 nitrogen and oxygen atoms in total. The Morgan fingerprint density at radius 3 is 2.10 bits per heavy atom. The van der Waals surface area contributed by atoms with E-state index in [1.807, 2.05) is 32.0 Å². The predicted molar refractivity (Wildman–Crippen MR) is 153 cm³/mol. The van der Waals surface area contributed by atoms with Crippen LogP contribution in [0.3, 0.4) is 0 Å². The fraction of sp³-hybridized carbons (Fsp3) is 0.375. The molecule has 0 aliphatic heterocycles. The van der Waals surface area contributed by atoms with E-state index >= 15 is 0 Å². The first kappa shape index (κ1) is 30.9. The Labute approximate surface area is 235 Å². The van der Waals surface area contributed by atoms with Crippen molar-refractivity contribution in [2.45, 2.75) is 71.7 Å². The molecule has 0 saturated heterocycles. The molecule has 40 heavy (non-hydrogen) atoms. The average Bonchev–Trinajstić information content (AvgIpc) is 2.91. The normalized spacial score (nSPS) is 13.4. The van der Waals surface area contributed by atoms with Crippen molar-refractivity contribution in [3.8, 4) is 0 Å². The van der Waals surface area contributed by atoms with Crippen LogP contribution < -0.4 is 16.0 Å². The molecule has 2 amide bonds. The molecule has 3 rings (SSSR count). The lowest BCUT2D eigenvalue weighted by Crippen LogP contribution is -2.48. The standard InChI is InChI=1S/C32H39F2N3O3/c1-5-21(4)36-31(39)25-10-20(3)11-26(16-25)32(40)37-29(15-24-13-27(33)17-28(34)14-24)30(38)19-35-18-23-9-7-8-22(6-2)12-23/h7-14,16-17,21,29-30,35,38H,5-6,15,18-19H2,1-4H3,(H,36,39)(H,37,40)/t21?,29-,30+/m0/s1. The number of rotatable bonds is 13. The maximum absolute atomic E-state index is 13.9. The summed E-state index contributed by atoms with van der Waals surface area (Å²) in [5.74, 6) is -2.26. The molecular formula is C32H39F2N3O3. The molecule has 0 heterocycles. The third-order valence-electron chi connectivity index (χ3n) is 6.83. The largest absolute Gasteiger partial charge is 0.390 e. The first-order chi connectivity index (χ1) is 19.1. The molecule has 0 bridgehead atoms. The minimum atomic E-state index is -1.07. The topological polar surface area (TPSA) is 90.5 Å². The van der Waals surface area contributed by atoms with E-state index in [0.29, 0.717) is 17.7 Å². The molecule has 0 saturated carbocycles. The van der Waals surface area contributed by atoms with Crippen molar-refractivity contribution in [3.63, 3.8) is 0 Å². The van der Waals surface area contributed by atoms with Crippen molar-refractivity contribution in [1.82, 2.24) is 16.0 Å². The summed E-state index contributed by atoms with van der Waals surface area (Å²) in [6, 6.07) is 15.2. The summed E-state index contributed by atoms with van der Waals surface area (Å²) in [7, 11) is 0. The lowest BCUT2D eigenvalue weighted by Gasteiger charge is -2.25. The Bertz CT molecular complexity index is 1290. The van der Waals surface area contributed by atoms with E-state index in [-0.39, 0.29) is 30.5 Å². The molecule has 1 unspecified atom stereocenters. The van der Waals surface area contributed by atoms with Gasteiger partial charge in [-0.2, -0.15) is 0 Å². The number of halogens is 2. The number of aliphatic hydroxyl groups is 1. The van der Waals surface area contributed by atoms with Crippen molar-refractivity contribution < 1.29 is 23.5 Å². The third kappa shape index (κ3) is 9.24. The van der Waals surface area contributed by atoms with Gasteiger partial charge in [0.1, 0.15) is 11.6 Å². The number of carbonyl (C=O) groups is 2. The lowest BCUT2D eigenvalue weighted by molar-refractivity contribution is 0.0829. The molecule has 0 spiro atoms. The third-order valence-corrected chi connectivity index (χ3v) is 6.83. The maximum atomic E-state index is 13.9. The van der Waals surface area contributed by atoms with E-state index in [9.17, 15) is 23.5 Å². The second-order valence-electron chi connectivity index (χ2n) is 10.3. The molecule has 0 fully saturated rings. The van der Waals surface area contributed by atoms with Crippen LogP contribution in [0, 0.1) is 18.6 Å². The monoisotopic (exact) mass is 551 g/mol. The van der Waals surface area contributed by atoms with Crippen molar-refractivity contribution in [2.75, 3.05) is 6.54 Å². The Kier molecular flexibility index (Phi) is 11.3. The van der Waals surface area contributed by atoms with Crippen LogP contribution in [0.25, 0.3) is 0 Å². The molecule has 3 aromatic carbocycles. The summed E-state index contributed by atoms with van der Waals surface area (Å²) in [5.41, 5.74) is 3.89. The van der Waals surface area contributed by atoms with E-state index < -0.39 is 29.7 Å². The van der Waals surface area contributed by atoms with Gasteiger partial charge in [0.2, 0.25) is 0 Å². The van der Waals surface area contributed by atoms with Crippen molar-refractivity contribution in [2.24, 2.45) is 0 Å². The SMILES string of the molecule is CCc1cccc(CNC[C@@H](O)[C@H](Cc2cc(F)cc(F)c2)NC(=O)c2cc(C)cc(C(=O)NC(C)CC)c2)c1. The summed E-state index contributed by atoms with van der Waals surface area (Å²) in [6.45, 7) is 8.37. The van der Waals surface area contributed by atoms with Gasteiger partial charge in [0.25, 0.3) is 11.8 Å². The van der Waals surface area contributed by atoms with Gasteiger partial charge in [-0.3, -0.25) is 9.59 Å².